The highest BCUT2D eigenvalue weighted by Gasteiger charge is 2.23. The normalized spacial score (nSPS) is 14.4. The second-order valence-electron chi connectivity index (χ2n) is 10.7. The van der Waals surface area contributed by atoms with Crippen LogP contribution >= 0.6 is 11.3 Å². The van der Waals surface area contributed by atoms with Crippen molar-refractivity contribution < 1.29 is 4.79 Å². The van der Waals surface area contributed by atoms with E-state index in [0.717, 1.165) is 42.6 Å². The summed E-state index contributed by atoms with van der Waals surface area (Å²) < 4.78 is 1.76. The molecule has 1 aliphatic heterocycles. The molecule has 196 valence electrons. The summed E-state index contributed by atoms with van der Waals surface area (Å²) in [7, 11) is 2.14. The number of likely N-dealkylation sites (N-methyl/N-ethyl adjacent to an activating group) is 1. The average molecular weight is 530 g/mol. The van der Waals surface area contributed by atoms with Crippen molar-refractivity contribution in [3.63, 3.8) is 0 Å². The van der Waals surface area contributed by atoms with Crippen LogP contribution < -0.4 is 15.3 Å². The van der Waals surface area contributed by atoms with E-state index in [-0.39, 0.29) is 17.0 Å². The molecule has 1 amide bonds. The zero-order chi connectivity index (χ0) is 26.9. The fourth-order valence-electron chi connectivity index (χ4n) is 4.33. The molecular formula is C27H31N9OS. The number of benzene rings is 1. The maximum atomic E-state index is 13.3. The van der Waals surface area contributed by atoms with E-state index in [4.69, 9.17) is 4.98 Å². The van der Waals surface area contributed by atoms with Crippen LogP contribution in [0.25, 0.3) is 17.0 Å². The van der Waals surface area contributed by atoms with Crippen LogP contribution in [0.1, 0.15) is 36.8 Å². The highest BCUT2D eigenvalue weighted by molar-refractivity contribution is 7.14. The van der Waals surface area contributed by atoms with Gasteiger partial charge in [0.2, 0.25) is 5.78 Å². The van der Waals surface area contributed by atoms with Crippen molar-refractivity contribution >= 4 is 34.0 Å². The van der Waals surface area contributed by atoms with Gasteiger partial charge in [0.25, 0.3) is 5.91 Å². The van der Waals surface area contributed by atoms with Gasteiger partial charge in [-0.15, -0.1) is 11.3 Å². The third kappa shape index (κ3) is 5.61. The third-order valence-electron chi connectivity index (χ3n) is 6.32. The monoisotopic (exact) mass is 529 g/mol. The molecular weight excluding hydrogens is 498 g/mol. The van der Waals surface area contributed by atoms with Crippen LogP contribution in [-0.4, -0.2) is 69.9 Å². The number of amides is 1. The van der Waals surface area contributed by atoms with Gasteiger partial charge in [-0.05, 0) is 24.6 Å². The SMILES string of the molecule is CN1CCN(c2nc(-c3ccc(C(=O)NN(CC(C)(C)C)c4cc(C#N)nc5nccn45)cc3)cs2)CC1. The van der Waals surface area contributed by atoms with E-state index in [1.165, 1.54) is 0 Å². The Labute approximate surface area is 226 Å². The molecule has 0 aliphatic carbocycles. The van der Waals surface area contributed by atoms with Crippen LogP contribution in [0.4, 0.5) is 10.9 Å². The topological polar surface area (TPSA) is 106 Å². The number of hydrazine groups is 1. The van der Waals surface area contributed by atoms with Gasteiger partial charge in [-0.1, -0.05) is 32.9 Å². The van der Waals surface area contributed by atoms with E-state index in [0.29, 0.717) is 23.7 Å². The average Bonchev–Trinajstić information content (AvgIpc) is 3.57. The fraction of sp³-hybridized carbons (Fsp3) is 0.370. The number of carbonyl (C=O) groups excluding carboxylic acids is 1. The molecule has 1 N–H and O–H groups in total. The Morgan fingerprint density at radius 3 is 2.58 bits per heavy atom. The molecule has 4 aromatic rings. The number of anilines is 2. The summed E-state index contributed by atoms with van der Waals surface area (Å²) in [5, 5.41) is 14.3. The number of nitrogens with zero attached hydrogens (tertiary/aromatic N) is 8. The smallest absolute Gasteiger partial charge is 0.269 e. The summed E-state index contributed by atoms with van der Waals surface area (Å²) in [4.78, 5) is 31.3. The fourth-order valence-corrected chi connectivity index (χ4v) is 5.21. The van der Waals surface area contributed by atoms with Gasteiger partial charge < -0.3 is 9.80 Å². The lowest BCUT2D eigenvalue weighted by atomic mass is 9.96. The third-order valence-corrected chi connectivity index (χ3v) is 7.22. The summed E-state index contributed by atoms with van der Waals surface area (Å²) in [6.45, 7) is 10.8. The van der Waals surface area contributed by atoms with Gasteiger partial charge in [-0.25, -0.2) is 15.0 Å². The lowest BCUT2D eigenvalue weighted by Gasteiger charge is -2.32. The Morgan fingerprint density at radius 2 is 1.89 bits per heavy atom. The van der Waals surface area contributed by atoms with Crippen molar-refractivity contribution in [3.05, 3.63) is 59.4 Å². The Bertz CT molecular complexity index is 1470. The molecule has 0 atom stereocenters. The number of aromatic nitrogens is 4. The minimum atomic E-state index is -0.249. The van der Waals surface area contributed by atoms with Crippen LogP contribution in [-0.2, 0) is 0 Å². The van der Waals surface area contributed by atoms with Crippen molar-refractivity contribution in [2.24, 2.45) is 5.41 Å². The van der Waals surface area contributed by atoms with Gasteiger partial charge >= 0.3 is 0 Å². The Balaban J connectivity index is 1.35. The molecule has 0 bridgehead atoms. The van der Waals surface area contributed by atoms with E-state index in [2.05, 4.69) is 64.5 Å². The Morgan fingerprint density at radius 1 is 1.16 bits per heavy atom. The zero-order valence-electron chi connectivity index (χ0n) is 22.0. The highest BCUT2D eigenvalue weighted by Crippen LogP contribution is 2.28. The Kier molecular flexibility index (Phi) is 7.01. The van der Waals surface area contributed by atoms with E-state index >= 15 is 0 Å². The number of rotatable bonds is 6. The maximum absolute atomic E-state index is 13.3. The van der Waals surface area contributed by atoms with Gasteiger partial charge in [-0.3, -0.25) is 19.6 Å². The van der Waals surface area contributed by atoms with Gasteiger partial charge in [-0.2, -0.15) is 5.26 Å². The summed E-state index contributed by atoms with van der Waals surface area (Å²) in [6, 6.07) is 11.2. The van der Waals surface area contributed by atoms with Crippen molar-refractivity contribution in [2.45, 2.75) is 20.8 Å². The van der Waals surface area contributed by atoms with Gasteiger partial charge in [0.1, 0.15) is 17.6 Å². The van der Waals surface area contributed by atoms with E-state index in [9.17, 15) is 10.1 Å². The molecule has 1 saturated heterocycles. The number of nitriles is 1. The summed E-state index contributed by atoms with van der Waals surface area (Å²) in [5.74, 6) is 0.763. The standard InChI is InChI=1S/C27H31N9OS/c1-27(2,3)18-36(23-15-21(16-28)30-25-29-9-10-35(23)25)32-24(37)20-7-5-19(6-8-20)22-17-38-26(31-22)34-13-11-33(4)12-14-34/h5-10,15,17H,11-14,18H2,1-4H3,(H,32,37). The summed E-state index contributed by atoms with van der Waals surface area (Å²) in [5.41, 5.74) is 5.53. The van der Waals surface area contributed by atoms with E-state index < -0.39 is 0 Å². The molecule has 0 saturated carbocycles. The molecule has 11 heteroatoms. The first-order valence-electron chi connectivity index (χ1n) is 12.5. The number of hydrogen-bond donors (Lipinski definition) is 1. The van der Waals surface area contributed by atoms with Gasteiger partial charge in [0.15, 0.2) is 5.13 Å². The van der Waals surface area contributed by atoms with Crippen LogP contribution in [0.2, 0.25) is 0 Å². The molecule has 0 spiro atoms. The maximum Gasteiger partial charge on any atom is 0.269 e. The molecule has 1 fully saturated rings. The van der Waals surface area contributed by atoms with Crippen molar-refractivity contribution in [1.29, 1.82) is 5.26 Å². The van der Waals surface area contributed by atoms with E-state index in [1.807, 2.05) is 24.3 Å². The number of carbonyl (C=O) groups is 1. The van der Waals surface area contributed by atoms with Crippen molar-refractivity contribution in [2.75, 3.05) is 49.7 Å². The zero-order valence-corrected chi connectivity index (χ0v) is 22.9. The molecule has 1 aromatic carbocycles. The number of thiazole rings is 1. The molecule has 10 nitrogen and oxygen atoms in total. The predicted molar refractivity (Wildman–Crippen MR) is 149 cm³/mol. The summed E-state index contributed by atoms with van der Waals surface area (Å²) >= 11 is 1.65. The van der Waals surface area contributed by atoms with Crippen molar-refractivity contribution in [3.8, 4) is 17.3 Å². The number of nitrogens with one attached hydrogen (secondary N) is 1. The van der Waals surface area contributed by atoms with Gasteiger partial charge in [0.05, 0.1) is 5.69 Å². The summed E-state index contributed by atoms with van der Waals surface area (Å²) in [6.07, 6.45) is 3.39. The van der Waals surface area contributed by atoms with Crippen LogP contribution in [0.15, 0.2) is 48.1 Å². The minimum absolute atomic E-state index is 0.147. The number of piperazine rings is 1. The molecule has 0 unspecified atom stereocenters. The molecule has 1 aliphatic rings. The molecule has 5 rings (SSSR count). The first-order chi connectivity index (χ1) is 18.2. The number of imidazole rings is 1. The molecule has 38 heavy (non-hydrogen) atoms. The van der Waals surface area contributed by atoms with Crippen LogP contribution in [0, 0.1) is 16.7 Å². The first kappa shape index (κ1) is 25.6. The van der Waals surface area contributed by atoms with Crippen molar-refractivity contribution in [1.82, 2.24) is 29.7 Å². The molecule has 0 radical (unpaired) electrons. The number of hydrogen-bond acceptors (Lipinski definition) is 9. The predicted octanol–water partition coefficient (Wildman–Crippen LogP) is 3.67. The second kappa shape index (κ2) is 10.4. The first-order valence-corrected chi connectivity index (χ1v) is 13.4. The van der Waals surface area contributed by atoms with Crippen LogP contribution in [0.3, 0.4) is 0 Å². The van der Waals surface area contributed by atoms with Gasteiger partial charge in [0, 0.05) is 67.7 Å². The Hall–Kier alpha value is -4.01. The minimum Gasteiger partial charge on any atom is -0.346 e. The van der Waals surface area contributed by atoms with E-state index in [1.54, 1.807) is 39.2 Å². The molecule has 3 aromatic heterocycles. The quantitative estimate of drug-likeness (QED) is 0.377. The second-order valence-corrected chi connectivity index (χ2v) is 11.5. The largest absolute Gasteiger partial charge is 0.346 e. The number of fused-ring (bicyclic) bond motifs is 1. The van der Waals surface area contributed by atoms with Crippen LogP contribution in [0.5, 0.6) is 0 Å². The molecule has 4 heterocycles. The highest BCUT2D eigenvalue weighted by atomic mass is 32.1. The lowest BCUT2D eigenvalue weighted by Crippen LogP contribution is -2.47. The lowest BCUT2D eigenvalue weighted by molar-refractivity contribution is 0.0945.